The lowest BCUT2D eigenvalue weighted by molar-refractivity contribution is 0.414. The maximum absolute atomic E-state index is 12.1. The molecule has 6 nitrogen and oxygen atoms in total. The molecule has 0 aliphatic rings. The van der Waals surface area contributed by atoms with E-state index in [0.717, 1.165) is 30.8 Å². The van der Waals surface area contributed by atoms with Gasteiger partial charge in [-0.3, -0.25) is 0 Å². The maximum Gasteiger partial charge on any atom is 0.279 e. The predicted octanol–water partition coefficient (Wildman–Crippen LogP) is 0.961. The minimum absolute atomic E-state index is 0.268. The lowest BCUT2D eigenvalue weighted by atomic mass is 10.2. The van der Waals surface area contributed by atoms with Gasteiger partial charge in [0.1, 0.15) is 5.75 Å². The van der Waals surface area contributed by atoms with Crippen molar-refractivity contribution in [2.45, 2.75) is 19.9 Å². The van der Waals surface area contributed by atoms with E-state index < -0.39 is 10.2 Å². The van der Waals surface area contributed by atoms with Crippen LogP contribution in [0.4, 0.5) is 0 Å². The van der Waals surface area contributed by atoms with Crippen molar-refractivity contribution in [2.75, 3.05) is 33.8 Å². The molecule has 0 heterocycles. The van der Waals surface area contributed by atoms with Gasteiger partial charge in [0.2, 0.25) is 0 Å². The molecule has 0 radical (unpaired) electrons. The monoisotopic (exact) mass is 315 g/mol. The van der Waals surface area contributed by atoms with Crippen LogP contribution in [0.2, 0.25) is 0 Å². The zero-order chi connectivity index (χ0) is 15.7. The Morgan fingerprint density at radius 3 is 2.48 bits per heavy atom. The van der Waals surface area contributed by atoms with Crippen molar-refractivity contribution in [1.29, 1.82) is 0 Å². The molecule has 0 aliphatic heterocycles. The second-order valence-corrected chi connectivity index (χ2v) is 6.57. The van der Waals surface area contributed by atoms with Crippen LogP contribution in [0.15, 0.2) is 24.3 Å². The topological polar surface area (TPSA) is 70.7 Å². The minimum Gasteiger partial charge on any atom is -0.497 e. The van der Waals surface area contributed by atoms with Gasteiger partial charge in [0, 0.05) is 20.1 Å². The Balaban J connectivity index is 2.43. The number of benzene rings is 1. The van der Waals surface area contributed by atoms with Gasteiger partial charge in [-0.15, -0.1) is 0 Å². The van der Waals surface area contributed by atoms with Crippen LogP contribution in [0.1, 0.15) is 18.9 Å². The number of nitrogens with one attached hydrogen (secondary N) is 2. The van der Waals surface area contributed by atoms with Gasteiger partial charge in [0.15, 0.2) is 0 Å². The molecule has 1 aromatic rings. The van der Waals surface area contributed by atoms with Gasteiger partial charge in [-0.2, -0.15) is 17.4 Å². The second-order valence-electron chi connectivity index (χ2n) is 4.70. The molecule has 2 N–H and O–H groups in total. The van der Waals surface area contributed by atoms with Crippen molar-refractivity contribution in [2.24, 2.45) is 0 Å². The second kappa shape index (κ2) is 8.99. The summed E-state index contributed by atoms with van der Waals surface area (Å²) in [6.07, 6.45) is 0.786. The number of hydrogen-bond donors (Lipinski definition) is 2. The number of hydrogen-bond acceptors (Lipinski definition) is 4. The van der Waals surface area contributed by atoms with Crippen LogP contribution in [0.3, 0.4) is 0 Å². The van der Waals surface area contributed by atoms with E-state index in [1.165, 1.54) is 4.31 Å². The summed E-state index contributed by atoms with van der Waals surface area (Å²) in [6.45, 7) is 4.49. The average Bonchev–Trinajstić information content (AvgIpc) is 2.50. The molecule has 120 valence electrons. The molecular weight excluding hydrogens is 290 g/mol. The first-order valence-corrected chi connectivity index (χ1v) is 8.48. The van der Waals surface area contributed by atoms with Crippen LogP contribution < -0.4 is 14.8 Å². The number of rotatable bonds is 10. The molecule has 1 aromatic carbocycles. The van der Waals surface area contributed by atoms with Crippen molar-refractivity contribution in [1.82, 2.24) is 14.3 Å². The Morgan fingerprint density at radius 1 is 1.24 bits per heavy atom. The summed E-state index contributed by atoms with van der Waals surface area (Å²) >= 11 is 0. The molecular formula is C14H25N3O3S. The molecule has 1 rings (SSSR count). The van der Waals surface area contributed by atoms with Gasteiger partial charge in [-0.05, 0) is 37.2 Å². The molecule has 0 unspecified atom stereocenters. The Kier molecular flexibility index (Phi) is 7.66. The van der Waals surface area contributed by atoms with Crippen molar-refractivity contribution < 1.29 is 13.2 Å². The fourth-order valence-electron chi connectivity index (χ4n) is 1.75. The third-order valence-electron chi connectivity index (χ3n) is 3.10. The fraction of sp³-hybridized carbons (Fsp3) is 0.571. The van der Waals surface area contributed by atoms with Crippen molar-refractivity contribution >= 4 is 10.2 Å². The first-order chi connectivity index (χ1) is 9.99. The van der Waals surface area contributed by atoms with Crippen LogP contribution in [-0.4, -0.2) is 46.5 Å². The smallest absolute Gasteiger partial charge is 0.279 e. The largest absolute Gasteiger partial charge is 0.497 e. The van der Waals surface area contributed by atoms with E-state index in [-0.39, 0.29) is 6.54 Å². The summed E-state index contributed by atoms with van der Waals surface area (Å²) in [5, 5.41) is 3.17. The number of methoxy groups -OCH3 is 1. The highest BCUT2D eigenvalue weighted by molar-refractivity contribution is 7.87. The Bertz CT molecular complexity index is 503. The van der Waals surface area contributed by atoms with Crippen LogP contribution in [0.5, 0.6) is 5.75 Å². The van der Waals surface area contributed by atoms with E-state index in [1.54, 1.807) is 14.2 Å². The highest BCUT2D eigenvalue weighted by atomic mass is 32.2. The van der Waals surface area contributed by atoms with E-state index in [9.17, 15) is 8.42 Å². The van der Waals surface area contributed by atoms with Crippen LogP contribution in [0.25, 0.3) is 0 Å². The molecule has 0 spiro atoms. The molecule has 7 heteroatoms. The van der Waals surface area contributed by atoms with Gasteiger partial charge < -0.3 is 10.1 Å². The van der Waals surface area contributed by atoms with E-state index in [1.807, 2.05) is 31.2 Å². The number of nitrogens with zero attached hydrogens (tertiary/aromatic N) is 1. The summed E-state index contributed by atoms with van der Waals surface area (Å²) in [5.41, 5.74) is 0.889. The minimum atomic E-state index is -3.44. The van der Waals surface area contributed by atoms with Crippen molar-refractivity contribution in [3.63, 3.8) is 0 Å². The average molecular weight is 315 g/mol. The van der Waals surface area contributed by atoms with E-state index >= 15 is 0 Å². The van der Waals surface area contributed by atoms with Crippen LogP contribution >= 0.6 is 0 Å². The van der Waals surface area contributed by atoms with Gasteiger partial charge >= 0.3 is 0 Å². The summed E-state index contributed by atoms with van der Waals surface area (Å²) in [7, 11) is -0.254. The van der Waals surface area contributed by atoms with Gasteiger partial charge in [-0.25, -0.2) is 0 Å². The highest BCUT2D eigenvalue weighted by Gasteiger charge is 2.16. The number of ether oxygens (including phenoxy) is 1. The third-order valence-corrected chi connectivity index (χ3v) is 4.62. The molecule has 0 aliphatic carbocycles. The van der Waals surface area contributed by atoms with Gasteiger partial charge in [0.05, 0.1) is 7.11 Å². The fourth-order valence-corrected chi connectivity index (χ4v) is 2.69. The summed E-state index contributed by atoms with van der Waals surface area (Å²) in [5.74, 6) is 0.752. The molecule has 21 heavy (non-hydrogen) atoms. The van der Waals surface area contributed by atoms with E-state index in [0.29, 0.717) is 6.54 Å². The lowest BCUT2D eigenvalue weighted by Gasteiger charge is -2.17. The normalized spacial score (nSPS) is 11.8. The standard InChI is InChI=1S/C14H25N3O3S/c1-4-15-10-5-11-17(2)21(18,19)16-12-13-6-8-14(20-3)9-7-13/h6-9,15-16H,4-5,10-12H2,1-3H3. The van der Waals surface area contributed by atoms with Crippen LogP contribution in [-0.2, 0) is 16.8 Å². The molecule has 0 saturated carbocycles. The molecule has 0 aromatic heterocycles. The SMILES string of the molecule is CCNCCCN(C)S(=O)(=O)NCc1ccc(OC)cc1. The zero-order valence-electron chi connectivity index (χ0n) is 12.9. The third kappa shape index (κ3) is 6.43. The maximum atomic E-state index is 12.1. The first-order valence-electron chi connectivity index (χ1n) is 7.04. The van der Waals surface area contributed by atoms with E-state index in [4.69, 9.17) is 4.74 Å². The van der Waals surface area contributed by atoms with Gasteiger partial charge in [0.25, 0.3) is 10.2 Å². The van der Waals surface area contributed by atoms with Gasteiger partial charge in [-0.1, -0.05) is 19.1 Å². The first kappa shape index (κ1) is 17.9. The zero-order valence-corrected chi connectivity index (χ0v) is 13.7. The van der Waals surface area contributed by atoms with Crippen molar-refractivity contribution in [3.8, 4) is 5.75 Å². The molecule has 0 fully saturated rings. The predicted molar refractivity (Wildman–Crippen MR) is 84.5 cm³/mol. The quantitative estimate of drug-likeness (QED) is 0.631. The van der Waals surface area contributed by atoms with Crippen molar-refractivity contribution in [3.05, 3.63) is 29.8 Å². The summed E-state index contributed by atoms with van der Waals surface area (Å²) in [6, 6.07) is 7.30. The Morgan fingerprint density at radius 2 is 1.90 bits per heavy atom. The molecule has 0 bridgehead atoms. The lowest BCUT2D eigenvalue weighted by Crippen LogP contribution is -2.39. The summed E-state index contributed by atoms with van der Waals surface area (Å²) in [4.78, 5) is 0. The Hall–Kier alpha value is -1.15. The molecule has 0 atom stereocenters. The summed E-state index contributed by atoms with van der Waals surface area (Å²) < 4.78 is 33.1. The molecule has 0 amide bonds. The Labute approximate surface area is 127 Å². The van der Waals surface area contributed by atoms with E-state index in [2.05, 4.69) is 10.0 Å². The highest BCUT2D eigenvalue weighted by Crippen LogP contribution is 2.11. The molecule has 0 saturated heterocycles. The van der Waals surface area contributed by atoms with Crippen LogP contribution in [0, 0.1) is 0 Å².